The molecule has 0 atom stereocenters. The molecule has 2 aromatic rings. The SMILES string of the molecule is Cc1cccc(C(=O)O/N=C\c2cccc([N+](=O)[O-])c2)c1. The summed E-state index contributed by atoms with van der Waals surface area (Å²) in [6.07, 6.45) is 1.25. The molecule has 0 aliphatic carbocycles. The van der Waals surface area contributed by atoms with Gasteiger partial charge in [0.05, 0.1) is 16.7 Å². The molecule has 2 rings (SSSR count). The van der Waals surface area contributed by atoms with Gasteiger partial charge in [0, 0.05) is 17.7 Å². The Morgan fingerprint density at radius 3 is 2.71 bits per heavy atom. The molecule has 0 aliphatic heterocycles. The van der Waals surface area contributed by atoms with Crippen molar-refractivity contribution in [2.75, 3.05) is 0 Å². The van der Waals surface area contributed by atoms with Crippen LogP contribution in [0.15, 0.2) is 53.7 Å². The topological polar surface area (TPSA) is 81.8 Å². The summed E-state index contributed by atoms with van der Waals surface area (Å²) in [6, 6.07) is 12.8. The highest BCUT2D eigenvalue weighted by Gasteiger charge is 2.07. The first-order chi connectivity index (χ1) is 10.1. The molecule has 0 N–H and O–H groups in total. The maximum absolute atomic E-state index is 11.7. The van der Waals surface area contributed by atoms with Crippen molar-refractivity contribution < 1.29 is 14.6 Å². The molecule has 6 heteroatoms. The van der Waals surface area contributed by atoms with Crippen molar-refractivity contribution in [3.63, 3.8) is 0 Å². The van der Waals surface area contributed by atoms with Gasteiger partial charge in [-0.2, -0.15) is 0 Å². The van der Waals surface area contributed by atoms with Crippen molar-refractivity contribution in [1.82, 2.24) is 0 Å². The van der Waals surface area contributed by atoms with Gasteiger partial charge in [0.15, 0.2) is 0 Å². The second kappa shape index (κ2) is 6.42. The third-order valence-electron chi connectivity index (χ3n) is 2.67. The Hall–Kier alpha value is -3.02. The number of hydrogen-bond acceptors (Lipinski definition) is 5. The lowest BCUT2D eigenvalue weighted by Crippen LogP contribution is -2.01. The first-order valence-electron chi connectivity index (χ1n) is 6.12. The molecule has 0 radical (unpaired) electrons. The molecule has 21 heavy (non-hydrogen) atoms. The van der Waals surface area contributed by atoms with Crippen molar-refractivity contribution in [2.45, 2.75) is 6.92 Å². The summed E-state index contributed by atoms with van der Waals surface area (Å²) in [5.41, 5.74) is 1.75. The molecular weight excluding hydrogens is 272 g/mol. The molecule has 0 spiro atoms. The number of hydrogen-bond donors (Lipinski definition) is 0. The average molecular weight is 284 g/mol. The first-order valence-corrected chi connectivity index (χ1v) is 6.12. The van der Waals surface area contributed by atoms with E-state index >= 15 is 0 Å². The molecule has 6 nitrogen and oxygen atoms in total. The molecule has 0 bridgehead atoms. The minimum Gasteiger partial charge on any atom is -0.313 e. The van der Waals surface area contributed by atoms with Crippen LogP contribution in [0, 0.1) is 17.0 Å². The van der Waals surface area contributed by atoms with Crippen LogP contribution in [0.25, 0.3) is 0 Å². The molecule has 0 saturated carbocycles. The number of nitro benzene ring substituents is 1. The van der Waals surface area contributed by atoms with Gasteiger partial charge in [-0.15, -0.1) is 0 Å². The minimum absolute atomic E-state index is 0.0519. The van der Waals surface area contributed by atoms with Crippen LogP contribution in [0.2, 0.25) is 0 Å². The van der Waals surface area contributed by atoms with Crippen molar-refractivity contribution in [3.05, 3.63) is 75.3 Å². The predicted octanol–water partition coefficient (Wildman–Crippen LogP) is 3.09. The Kier molecular flexibility index (Phi) is 4.40. The maximum Gasteiger partial charge on any atom is 0.365 e. The number of benzene rings is 2. The Morgan fingerprint density at radius 2 is 2.00 bits per heavy atom. The lowest BCUT2D eigenvalue weighted by molar-refractivity contribution is -0.384. The highest BCUT2D eigenvalue weighted by molar-refractivity contribution is 5.90. The number of aryl methyl sites for hydroxylation is 1. The number of rotatable bonds is 4. The zero-order chi connectivity index (χ0) is 15.2. The summed E-state index contributed by atoms with van der Waals surface area (Å²) < 4.78 is 0. The van der Waals surface area contributed by atoms with Crippen LogP contribution in [0.4, 0.5) is 5.69 Å². The Balaban J connectivity index is 2.04. The van der Waals surface area contributed by atoms with E-state index in [4.69, 9.17) is 4.84 Å². The second-order valence-electron chi connectivity index (χ2n) is 4.33. The van der Waals surface area contributed by atoms with Gasteiger partial charge >= 0.3 is 5.97 Å². The van der Waals surface area contributed by atoms with Crippen LogP contribution in [0.3, 0.4) is 0 Å². The van der Waals surface area contributed by atoms with Crippen LogP contribution in [-0.2, 0) is 4.84 Å². The number of nitro groups is 1. The van der Waals surface area contributed by atoms with Crippen LogP contribution >= 0.6 is 0 Å². The summed E-state index contributed by atoms with van der Waals surface area (Å²) in [6.45, 7) is 1.86. The van der Waals surface area contributed by atoms with Crippen molar-refractivity contribution >= 4 is 17.9 Å². The van der Waals surface area contributed by atoms with Crippen LogP contribution in [0.1, 0.15) is 21.5 Å². The number of non-ortho nitro benzene ring substituents is 1. The summed E-state index contributed by atoms with van der Waals surface area (Å²) >= 11 is 0. The third kappa shape index (κ3) is 3.97. The van der Waals surface area contributed by atoms with E-state index in [1.54, 1.807) is 24.3 Å². The van der Waals surface area contributed by atoms with Crippen molar-refractivity contribution in [3.8, 4) is 0 Å². The van der Waals surface area contributed by atoms with Gasteiger partial charge in [0.1, 0.15) is 0 Å². The van der Waals surface area contributed by atoms with E-state index in [0.29, 0.717) is 11.1 Å². The first kappa shape index (κ1) is 14.4. The monoisotopic (exact) mass is 284 g/mol. The third-order valence-corrected chi connectivity index (χ3v) is 2.67. The lowest BCUT2D eigenvalue weighted by Gasteiger charge is -1.99. The van der Waals surface area contributed by atoms with Crippen LogP contribution in [-0.4, -0.2) is 17.1 Å². The molecule has 0 amide bonds. The van der Waals surface area contributed by atoms with Crippen molar-refractivity contribution in [2.24, 2.45) is 5.16 Å². The number of nitrogens with zero attached hydrogens (tertiary/aromatic N) is 2. The highest BCUT2D eigenvalue weighted by atomic mass is 16.7. The van der Waals surface area contributed by atoms with E-state index in [2.05, 4.69) is 5.16 Å². The van der Waals surface area contributed by atoms with Gasteiger partial charge in [-0.25, -0.2) is 4.79 Å². The van der Waals surface area contributed by atoms with Gasteiger partial charge in [0.2, 0.25) is 0 Å². The van der Waals surface area contributed by atoms with Gasteiger partial charge in [-0.1, -0.05) is 35.0 Å². The second-order valence-corrected chi connectivity index (χ2v) is 4.33. The summed E-state index contributed by atoms with van der Waals surface area (Å²) in [5, 5.41) is 14.2. The highest BCUT2D eigenvalue weighted by Crippen LogP contribution is 2.11. The number of oxime groups is 1. The summed E-state index contributed by atoms with van der Waals surface area (Å²) in [7, 11) is 0. The van der Waals surface area contributed by atoms with E-state index in [-0.39, 0.29) is 5.69 Å². The molecule has 0 aromatic heterocycles. The molecule has 0 fully saturated rings. The fourth-order valence-electron chi connectivity index (χ4n) is 1.68. The van der Waals surface area contributed by atoms with E-state index in [0.717, 1.165) is 5.56 Å². The fourth-order valence-corrected chi connectivity index (χ4v) is 1.68. The normalized spacial score (nSPS) is 10.5. The predicted molar refractivity (Wildman–Crippen MR) is 77.3 cm³/mol. The zero-order valence-corrected chi connectivity index (χ0v) is 11.2. The smallest absolute Gasteiger partial charge is 0.313 e. The Morgan fingerprint density at radius 1 is 1.24 bits per heavy atom. The molecule has 106 valence electrons. The summed E-state index contributed by atoms with van der Waals surface area (Å²) in [5.74, 6) is -0.583. The number of carbonyl (C=O) groups excluding carboxylic acids is 1. The Labute approximate surface area is 120 Å². The van der Waals surface area contributed by atoms with Gasteiger partial charge < -0.3 is 4.84 Å². The van der Waals surface area contributed by atoms with Crippen LogP contribution in [0.5, 0.6) is 0 Å². The molecule has 0 heterocycles. The van der Waals surface area contributed by atoms with Gasteiger partial charge in [-0.05, 0) is 19.1 Å². The lowest BCUT2D eigenvalue weighted by atomic mass is 10.1. The maximum atomic E-state index is 11.7. The Bertz CT molecular complexity index is 710. The minimum atomic E-state index is -0.583. The largest absolute Gasteiger partial charge is 0.365 e. The number of carbonyl (C=O) groups is 1. The van der Waals surface area contributed by atoms with Gasteiger partial charge in [0.25, 0.3) is 5.69 Å². The standard InChI is InChI=1S/C15H12N2O4/c1-11-4-2-6-13(8-11)15(18)21-16-10-12-5-3-7-14(9-12)17(19)20/h2-10H,1H3/b16-10-. The molecule has 0 unspecified atom stereocenters. The quantitative estimate of drug-likeness (QED) is 0.374. The average Bonchev–Trinajstić information content (AvgIpc) is 2.47. The van der Waals surface area contributed by atoms with E-state index < -0.39 is 10.9 Å². The van der Waals surface area contributed by atoms with E-state index in [9.17, 15) is 14.9 Å². The van der Waals surface area contributed by atoms with E-state index in [1.165, 1.54) is 24.4 Å². The molecule has 2 aromatic carbocycles. The molecule has 0 saturated heterocycles. The summed E-state index contributed by atoms with van der Waals surface area (Å²) in [4.78, 5) is 26.6. The van der Waals surface area contributed by atoms with Crippen molar-refractivity contribution in [1.29, 1.82) is 0 Å². The van der Waals surface area contributed by atoms with Crippen LogP contribution < -0.4 is 0 Å². The molecule has 0 aliphatic rings. The van der Waals surface area contributed by atoms with Gasteiger partial charge in [-0.3, -0.25) is 10.1 Å². The zero-order valence-electron chi connectivity index (χ0n) is 11.2. The fraction of sp³-hybridized carbons (Fsp3) is 0.0667. The van der Waals surface area contributed by atoms with E-state index in [1.807, 2.05) is 13.0 Å². The molecular formula is C15H12N2O4.